The third-order valence-electron chi connectivity index (χ3n) is 12.2. The van der Waals surface area contributed by atoms with Gasteiger partial charge in [-0.2, -0.15) is 0 Å². The maximum atomic E-state index is 12.8. The molecule has 0 aliphatic carbocycles. The predicted molar refractivity (Wildman–Crippen MR) is 272 cm³/mol. The Balaban J connectivity index is 4.06. The number of aliphatic hydroxyl groups excluding tert-OH is 1. The number of unbranched alkanes of at least 4 members (excludes halogenated alkanes) is 35. The SMILES string of the molecule is CCCCCCC/C=C\C/C=C\CCCCCCCCCCCCCC(=O)NC(COP(=O)(O)OCCN)C(O)/C=C/CCCCCCCCCCCCCCCCCCCCC. The largest absolute Gasteiger partial charge is 0.472 e. The Morgan fingerprint density at radius 3 is 1.25 bits per heavy atom. The highest BCUT2D eigenvalue weighted by atomic mass is 31.2. The molecule has 8 nitrogen and oxygen atoms in total. The lowest BCUT2D eigenvalue weighted by Crippen LogP contribution is -2.45. The monoisotopic (exact) mass is 909 g/mol. The van der Waals surface area contributed by atoms with E-state index in [1.165, 1.54) is 205 Å². The van der Waals surface area contributed by atoms with Gasteiger partial charge in [-0.25, -0.2) is 4.57 Å². The predicted octanol–water partition coefficient (Wildman–Crippen LogP) is 16.2. The number of nitrogens with two attached hydrogens (primary N) is 1. The van der Waals surface area contributed by atoms with Gasteiger partial charge < -0.3 is 21.1 Å². The van der Waals surface area contributed by atoms with Gasteiger partial charge in [0.2, 0.25) is 5.91 Å². The van der Waals surface area contributed by atoms with Crippen molar-refractivity contribution in [2.24, 2.45) is 5.73 Å². The van der Waals surface area contributed by atoms with Crippen LogP contribution in [0.2, 0.25) is 0 Å². The summed E-state index contributed by atoms with van der Waals surface area (Å²) >= 11 is 0. The molecule has 0 aromatic carbocycles. The van der Waals surface area contributed by atoms with Gasteiger partial charge in [0.05, 0.1) is 25.4 Å². The number of allylic oxidation sites excluding steroid dienone is 5. The van der Waals surface area contributed by atoms with Gasteiger partial charge in [0.25, 0.3) is 0 Å². The van der Waals surface area contributed by atoms with Gasteiger partial charge in [0.1, 0.15) is 0 Å². The van der Waals surface area contributed by atoms with E-state index in [0.717, 1.165) is 44.9 Å². The van der Waals surface area contributed by atoms with Crippen LogP contribution in [0.5, 0.6) is 0 Å². The molecule has 5 N–H and O–H groups in total. The molecule has 0 saturated heterocycles. The number of phosphoric ester groups is 1. The summed E-state index contributed by atoms with van der Waals surface area (Å²) in [7, 11) is -4.35. The van der Waals surface area contributed by atoms with Crippen molar-refractivity contribution in [1.29, 1.82) is 0 Å². The van der Waals surface area contributed by atoms with Crippen LogP contribution in [-0.2, 0) is 18.4 Å². The summed E-state index contributed by atoms with van der Waals surface area (Å²) in [5, 5.41) is 13.8. The van der Waals surface area contributed by atoms with Crippen molar-refractivity contribution >= 4 is 13.7 Å². The molecule has 0 fully saturated rings. The van der Waals surface area contributed by atoms with E-state index >= 15 is 0 Å². The minimum atomic E-state index is -4.35. The van der Waals surface area contributed by atoms with Crippen LogP contribution in [-0.4, -0.2) is 47.8 Å². The van der Waals surface area contributed by atoms with Crippen LogP contribution in [0.4, 0.5) is 0 Å². The first-order valence-electron chi connectivity index (χ1n) is 27.1. The topological polar surface area (TPSA) is 131 Å². The van der Waals surface area contributed by atoms with Gasteiger partial charge >= 0.3 is 7.82 Å². The maximum absolute atomic E-state index is 12.8. The number of nitrogens with one attached hydrogen (secondary N) is 1. The van der Waals surface area contributed by atoms with Gasteiger partial charge in [-0.1, -0.05) is 249 Å². The van der Waals surface area contributed by atoms with E-state index in [1.807, 2.05) is 6.08 Å². The summed E-state index contributed by atoms with van der Waals surface area (Å²) in [5.74, 6) is -0.193. The number of phosphoric acid groups is 1. The Morgan fingerprint density at radius 2 is 0.873 bits per heavy atom. The maximum Gasteiger partial charge on any atom is 0.472 e. The summed E-state index contributed by atoms with van der Waals surface area (Å²) in [6, 6.07) is -0.862. The Bertz CT molecular complexity index is 1080. The van der Waals surface area contributed by atoms with E-state index in [-0.39, 0.29) is 25.7 Å². The third kappa shape index (κ3) is 48.5. The van der Waals surface area contributed by atoms with Crippen LogP contribution >= 0.6 is 7.82 Å². The Labute approximate surface area is 390 Å². The molecule has 63 heavy (non-hydrogen) atoms. The fourth-order valence-electron chi connectivity index (χ4n) is 8.11. The van der Waals surface area contributed by atoms with E-state index in [2.05, 4.69) is 43.5 Å². The number of hydrogen-bond acceptors (Lipinski definition) is 6. The van der Waals surface area contributed by atoms with E-state index in [9.17, 15) is 19.4 Å². The summed E-state index contributed by atoms with van der Waals surface area (Å²) in [4.78, 5) is 22.9. The zero-order valence-corrected chi connectivity index (χ0v) is 42.5. The van der Waals surface area contributed by atoms with Crippen molar-refractivity contribution in [3.05, 3.63) is 36.5 Å². The second-order valence-electron chi connectivity index (χ2n) is 18.4. The smallest absolute Gasteiger partial charge is 0.387 e. The van der Waals surface area contributed by atoms with Crippen molar-refractivity contribution < 1.29 is 28.4 Å². The summed E-state index contributed by atoms with van der Waals surface area (Å²) in [5.41, 5.74) is 5.40. The van der Waals surface area contributed by atoms with E-state index < -0.39 is 20.0 Å². The molecule has 0 heterocycles. The summed E-state index contributed by atoms with van der Waals surface area (Å²) < 4.78 is 22.3. The lowest BCUT2D eigenvalue weighted by molar-refractivity contribution is -0.123. The lowest BCUT2D eigenvalue weighted by atomic mass is 10.0. The molecule has 9 heteroatoms. The van der Waals surface area contributed by atoms with E-state index in [1.54, 1.807) is 6.08 Å². The summed E-state index contributed by atoms with van der Waals surface area (Å²) in [6.45, 7) is 4.16. The van der Waals surface area contributed by atoms with Gasteiger partial charge in [0.15, 0.2) is 0 Å². The highest BCUT2D eigenvalue weighted by molar-refractivity contribution is 7.47. The molecule has 372 valence electrons. The zero-order chi connectivity index (χ0) is 46.0. The zero-order valence-electron chi connectivity index (χ0n) is 41.6. The van der Waals surface area contributed by atoms with Gasteiger partial charge in [-0.15, -0.1) is 0 Å². The first kappa shape index (κ1) is 61.7. The van der Waals surface area contributed by atoms with Gasteiger partial charge in [0, 0.05) is 13.0 Å². The molecule has 0 spiro atoms. The average molecular weight is 909 g/mol. The fourth-order valence-corrected chi connectivity index (χ4v) is 8.87. The molecule has 0 bridgehead atoms. The molecule has 0 saturated carbocycles. The van der Waals surface area contributed by atoms with E-state index in [4.69, 9.17) is 14.8 Å². The van der Waals surface area contributed by atoms with Crippen LogP contribution in [0.3, 0.4) is 0 Å². The second kappa shape index (κ2) is 50.1. The quantitative estimate of drug-likeness (QED) is 0.0272. The average Bonchev–Trinajstić information content (AvgIpc) is 3.27. The van der Waals surface area contributed by atoms with Gasteiger partial charge in [-0.05, 0) is 51.4 Å². The van der Waals surface area contributed by atoms with Crippen LogP contribution in [0.25, 0.3) is 0 Å². The normalized spacial score (nSPS) is 14.0. The standard InChI is InChI=1S/C54H105N2O6P/c1-3-5-7-9-11-13-15-17-19-21-23-25-26-28-30-32-34-36-38-40-42-44-46-48-54(58)56-52(51-62-63(59,60)61-50-49-55)53(57)47-45-43-41-39-37-35-33-31-29-27-24-22-20-18-16-14-12-10-8-6-4-2/h15,17,21,23,45,47,52-53,57H,3-14,16,18-20,22,24-44,46,48-51,55H2,1-2H3,(H,56,58)(H,59,60)/b17-15-,23-21-,47-45+. The first-order valence-corrected chi connectivity index (χ1v) is 28.6. The molecule has 0 radical (unpaired) electrons. The minimum Gasteiger partial charge on any atom is -0.387 e. The van der Waals surface area contributed by atoms with E-state index in [0.29, 0.717) is 6.42 Å². The Hall–Kier alpha value is -1.28. The molecule has 0 aromatic heterocycles. The number of hydrogen-bond donors (Lipinski definition) is 4. The van der Waals surface area contributed by atoms with Crippen LogP contribution < -0.4 is 11.1 Å². The van der Waals surface area contributed by atoms with Gasteiger partial charge in [-0.3, -0.25) is 13.8 Å². The third-order valence-corrected chi connectivity index (χ3v) is 13.2. The number of carbonyl (C=O) groups is 1. The van der Waals surface area contributed by atoms with Crippen LogP contribution in [0, 0.1) is 0 Å². The lowest BCUT2D eigenvalue weighted by Gasteiger charge is -2.23. The van der Waals surface area contributed by atoms with Crippen molar-refractivity contribution in [3.8, 4) is 0 Å². The number of carbonyl (C=O) groups excluding carboxylic acids is 1. The molecular weight excluding hydrogens is 804 g/mol. The van der Waals surface area contributed by atoms with Crippen molar-refractivity contribution in [2.45, 2.75) is 283 Å². The number of amides is 1. The van der Waals surface area contributed by atoms with Crippen molar-refractivity contribution in [2.75, 3.05) is 19.8 Å². The molecule has 3 unspecified atom stereocenters. The number of rotatable bonds is 51. The molecule has 0 rings (SSSR count). The minimum absolute atomic E-state index is 0.0786. The molecule has 0 aromatic rings. The highest BCUT2D eigenvalue weighted by Crippen LogP contribution is 2.43. The molecular formula is C54H105N2O6P. The van der Waals surface area contributed by atoms with Crippen molar-refractivity contribution in [1.82, 2.24) is 5.32 Å². The second-order valence-corrected chi connectivity index (χ2v) is 19.9. The molecule has 1 amide bonds. The molecule has 3 atom stereocenters. The Kier molecular flexibility index (Phi) is 49.1. The number of aliphatic hydroxyl groups is 1. The Morgan fingerprint density at radius 1 is 0.524 bits per heavy atom. The molecule has 0 aliphatic heterocycles. The summed E-state index contributed by atoms with van der Waals surface area (Å²) in [6.07, 6.45) is 62.1. The first-order chi connectivity index (χ1) is 30.9. The highest BCUT2D eigenvalue weighted by Gasteiger charge is 2.26. The van der Waals surface area contributed by atoms with Crippen LogP contribution in [0.1, 0.15) is 271 Å². The fraction of sp³-hybridized carbons (Fsp3) is 0.870. The van der Waals surface area contributed by atoms with Crippen LogP contribution in [0.15, 0.2) is 36.5 Å². The van der Waals surface area contributed by atoms with Crippen molar-refractivity contribution in [3.63, 3.8) is 0 Å². The molecule has 0 aliphatic rings.